The predicted octanol–water partition coefficient (Wildman–Crippen LogP) is 3.44. The van der Waals surface area contributed by atoms with Crippen LogP contribution in [0.2, 0.25) is 0 Å². The molecule has 150 valence electrons. The molecule has 0 radical (unpaired) electrons. The molecular weight excluding hydrogens is 360 g/mol. The Labute approximate surface area is 163 Å². The van der Waals surface area contributed by atoms with Gasteiger partial charge in [0.15, 0.2) is 0 Å². The zero-order chi connectivity index (χ0) is 19.4. The van der Waals surface area contributed by atoms with Crippen molar-refractivity contribution in [1.82, 2.24) is 9.21 Å². The molecule has 2 heterocycles. The third-order valence-corrected chi connectivity index (χ3v) is 8.07. The van der Waals surface area contributed by atoms with E-state index < -0.39 is 10.0 Å². The first-order valence-electron chi connectivity index (χ1n) is 10.4. The lowest BCUT2D eigenvalue weighted by Crippen LogP contribution is -2.49. The number of amides is 1. The number of aryl methyl sites for hydroxylation is 1. The number of likely N-dealkylation sites (tertiary alicyclic amines) is 1. The van der Waals surface area contributed by atoms with Gasteiger partial charge in [-0.3, -0.25) is 4.79 Å². The number of hydrogen-bond acceptors (Lipinski definition) is 3. The van der Waals surface area contributed by atoms with Crippen molar-refractivity contribution in [2.75, 3.05) is 19.6 Å². The summed E-state index contributed by atoms with van der Waals surface area (Å²) in [6, 6.07) is 7.52. The molecule has 2 aliphatic heterocycles. The van der Waals surface area contributed by atoms with Crippen molar-refractivity contribution in [3.05, 3.63) is 29.8 Å². The summed E-state index contributed by atoms with van der Waals surface area (Å²) in [5.74, 6) is 0.206. The van der Waals surface area contributed by atoms with Gasteiger partial charge in [-0.15, -0.1) is 0 Å². The molecule has 0 aromatic heterocycles. The number of hydrogen-bond donors (Lipinski definition) is 0. The zero-order valence-corrected chi connectivity index (χ0v) is 17.4. The lowest BCUT2D eigenvalue weighted by atomic mass is 9.92. The van der Waals surface area contributed by atoms with Gasteiger partial charge in [-0.25, -0.2) is 8.42 Å². The Morgan fingerprint density at radius 2 is 1.67 bits per heavy atom. The summed E-state index contributed by atoms with van der Waals surface area (Å²) >= 11 is 0. The van der Waals surface area contributed by atoms with Gasteiger partial charge < -0.3 is 4.90 Å². The van der Waals surface area contributed by atoms with Crippen molar-refractivity contribution in [2.45, 2.75) is 69.7 Å². The summed E-state index contributed by atoms with van der Waals surface area (Å²) in [5.41, 5.74) is 1.13. The maximum atomic E-state index is 13.0. The summed E-state index contributed by atoms with van der Waals surface area (Å²) < 4.78 is 27.3. The Kier molecular flexibility index (Phi) is 6.58. The average molecular weight is 393 g/mol. The summed E-state index contributed by atoms with van der Waals surface area (Å²) in [6.07, 6.45) is 6.54. The van der Waals surface area contributed by atoms with E-state index in [1.807, 2.05) is 12.1 Å². The Morgan fingerprint density at radius 1 is 1.00 bits per heavy atom. The van der Waals surface area contributed by atoms with Crippen LogP contribution in [0.5, 0.6) is 0 Å². The summed E-state index contributed by atoms with van der Waals surface area (Å²) in [4.78, 5) is 15.4. The van der Waals surface area contributed by atoms with Crippen LogP contribution >= 0.6 is 0 Å². The van der Waals surface area contributed by atoms with Crippen LogP contribution in [0.25, 0.3) is 0 Å². The van der Waals surface area contributed by atoms with Crippen molar-refractivity contribution in [3.63, 3.8) is 0 Å². The van der Waals surface area contributed by atoms with Crippen LogP contribution in [-0.2, 0) is 21.2 Å². The Balaban J connectivity index is 1.63. The average Bonchev–Trinajstić information content (AvgIpc) is 2.73. The molecule has 0 spiro atoms. The predicted molar refractivity (Wildman–Crippen MR) is 107 cm³/mol. The number of benzene rings is 1. The van der Waals surface area contributed by atoms with Crippen molar-refractivity contribution in [3.8, 4) is 0 Å². The largest absolute Gasteiger partial charge is 0.339 e. The van der Waals surface area contributed by atoms with Crippen LogP contribution in [0, 0.1) is 5.92 Å². The van der Waals surface area contributed by atoms with Crippen LogP contribution in [0.1, 0.15) is 57.9 Å². The summed E-state index contributed by atoms with van der Waals surface area (Å²) in [7, 11) is -3.47. The minimum Gasteiger partial charge on any atom is -0.339 e. The minimum atomic E-state index is -3.47. The number of carbonyl (C=O) groups is 1. The van der Waals surface area contributed by atoms with E-state index in [0.29, 0.717) is 36.9 Å². The topological polar surface area (TPSA) is 57.7 Å². The maximum absolute atomic E-state index is 13.0. The van der Waals surface area contributed by atoms with Crippen LogP contribution < -0.4 is 0 Å². The first-order valence-corrected chi connectivity index (χ1v) is 11.8. The highest BCUT2D eigenvalue weighted by Gasteiger charge is 2.35. The van der Waals surface area contributed by atoms with E-state index in [9.17, 15) is 13.2 Å². The Morgan fingerprint density at radius 3 is 2.26 bits per heavy atom. The van der Waals surface area contributed by atoms with Gasteiger partial charge in [-0.2, -0.15) is 4.31 Å². The molecule has 0 aliphatic carbocycles. The molecule has 2 aliphatic rings. The van der Waals surface area contributed by atoms with Crippen LogP contribution in [0.15, 0.2) is 29.2 Å². The second kappa shape index (κ2) is 8.74. The Hall–Kier alpha value is -1.40. The standard InChI is InChI=1S/C21H32N2O3S/c1-3-17-8-10-20(11-9-17)27(25,26)22-15-12-18(13-16-22)21(24)23-14-6-5-7-19(23)4-2/h8-11,18-19H,3-7,12-16H2,1-2H3. The molecule has 1 aromatic carbocycles. The van der Waals surface area contributed by atoms with Crippen molar-refractivity contribution >= 4 is 15.9 Å². The molecule has 2 fully saturated rings. The molecule has 27 heavy (non-hydrogen) atoms. The highest BCUT2D eigenvalue weighted by atomic mass is 32.2. The molecule has 0 N–H and O–H groups in total. The highest BCUT2D eigenvalue weighted by Crippen LogP contribution is 2.28. The van der Waals surface area contributed by atoms with Gasteiger partial charge in [0.25, 0.3) is 0 Å². The second-order valence-electron chi connectivity index (χ2n) is 7.77. The zero-order valence-electron chi connectivity index (χ0n) is 16.6. The first-order chi connectivity index (χ1) is 13.0. The SMILES string of the molecule is CCc1ccc(S(=O)(=O)N2CCC(C(=O)N3CCCCC3CC)CC2)cc1. The number of nitrogens with zero attached hydrogens (tertiary/aromatic N) is 2. The molecule has 2 saturated heterocycles. The molecule has 5 nitrogen and oxygen atoms in total. The van der Waals surface area contributed by atoms with E-state index in [1.54, 1.807) is 16.4 Å². The molecule has 1 aromatic rings. The van der Waals surface area contributed by atoms with Crippen LogP contribution in [0.3, 0.4) is 0 Å². The minimum absolute atomic E-state index is 0.0360. The van der Waals surface area contributed by atoms with Gasteiger partial charge in [0, 0.05) is 31.6 Å². The highest BCUT2D eigenvalue weighted by molar-refractivity contribution is 7.89. The fourth-order valence-corrected chi connectivity index (χ4v) is 5.81. The molecule has 3 rings (SSSR count). The molecule has 1 amide bonds. The fourth-order valence-electron chi connectivity index (χ4n) is 4.34. The van der Waals surface area contributed by atoms with E-state index in [4.69, 9.17) is 0 Å². The molecule has 1 unspecified atom stereocenters. The van der Waals surface area contributed by atoms with Gasteiger partial charge in [-0.1, -0.05) is 26.0 Å². The van der Waals surface area contributed by atoms with E-state index in [2.05, 4.69) is 18.7 Å². The molecule has 1 atom stereocenters. The van der Waals surface area contributed by atoms with Crippen molar-refractivity contribution in [1.29, 1.82) is 0 Å². The van der Waals surface area contributed by atoms with E-state index in [1.165, 1.54) is 6.42 Å². The van der Waals surface area contributed by atoms with Crippen LogP contribution in [0.4, 0.5) is 0 Å². The lowest BCUT2D eigenvalue weighted by molar-refractivity contribution is -0.140. The van der Waals surface area contributed by atoms with E-state index >= 15 is 0 Å². The quantitative estimate of drug-likeness (QED) is 0.771. The monoisotopic (exact) mass is 392 g/mol. The number of rotatable bonds is 5. The Bertz CT molecular complexity index is 737. The van der Waals surface area contributed by atoms with Gasteiger partial charge in [0.05, 0.1) is 4.90 Å². The summed E-state index contributed by atoms with van der Waals surface area (Å²) in [6.45, 7) is 5.92. The van der Waals surface area contributed by atoms with Gasteiger partial charge in [0.1, 0.15) is 0 Å². The molecule has 0 saturated carbocycles. The van der Waals surface area contributed by atoms with Gasteiger partial charge in [-0.05, 0) is 62.6 Å². The summed E-state index contributed by atoms with van der Waals surface area (Å²) in [5, 5.41) is 0. The normalized spacial score (nSPS) is 22.7. The van der Waals surface area contributed by atoms with Gasteiger partial charge >= 0.3 is 0 Å². The third kappa shape index (κ3) is 4.37. The molecular formula is C21H32N2O3S. The second-order valence-corrected chi connectivity index (χ2v) is 9.70. The number of piperidine rings is 2. The lowest BCUT2D eigenvalue weighted by Gasteiger charge is -2.39. The number of carbonyl (C=O) groups excluding carboxylic acids is 1. The smallest absolute Gasteiger partial charge is 0.243 e. The third-order valence-electron chi connectivity index (χ3n) is 6.15. The maximum Gasteiger partial charge on any atom is 0.243 e. The molecule has 0 bridgehead atoms. The van der Waals surface area contributed by atoms with Gasteiger partial charge in [0.2, 0.25) is 15.9 Å². The van der Waals surface area contributed by atoms with Crippen molar-refractivity contribution in [2.24, 2.45) is 5.92 Å². The molecule has 6 heteroatoms. The van der Waals surface area contributed by atoms with Crippen molar-refractivity contribution < 1.29 is 13.2 Å². The first kappa shape index (κ1) is 20.3. The van der Waals surface area contributed by atoms with Crippen LogP contribution in [-0.4, -0.2) is 49.2 Å². The number of sulfonamides is 1. The fraction of sp³-hybridized carbons (Fsp3) is 0.667. The van der Waals surface area contributed by atoms with E-state index in [0.717, 1.165) is 37.8 Å². The van der Waals surface area contributed by atoms with E-state index in [-0.39, 0.29) is 11.8 Å².